The fraction of sp³-hybridized carbons (Fsp3) is 0.421. The van der Waals surface area contributed by atoms with Crippen molar-refractivity contribution in [1.29, 1.82) is 0 Å². The van der Waals surface area contributed by atoms with Crippen molar-refractivity contribution < 1.29 is 9.59 Å². The van der Waals surface area contributed by atoms with E-state index in [0.29, 0.717) is 5.13 Å². The summed E-state index contributed by atoms with van der Waals surface area (Å²) >= 11 is 4.94. The molecule has 0 spiro atoms. The number of urea groups is 1. The fourth-order valence-electron chi connectivity index (χ4n) is 3.01. The van der Waals surface area contributed by atoms with E-state index < -0.39 is 0 Å². The number of rotatable bonds is 4. The summed E-state index contributed by atoms with van der Waals surface area (Å²) in [5.74, 6) is -0.243. The van der Waals surface area contributed by atoms with E-state index in [9.17, 15) is 9.59 Å². The predicted molar refractivity (Wildman–Crippen MR) is 113 cm³/mol. The summed E-state index contributed by atoms with van der Waals surface area (Å²) in [6, 6.07) is 5.30. The number of aryl methyl sites for hydroxylation is 3. The molecule has 2 N–H and O–H groups in total. The smallest absolute Gasteiger partial charge is 0.323 e. The molecular formula is C19H23BrN4O2S. The van der Waals surface area contributed by atoms with Gasteiger partial charge in [0, 0.05) is 22.1 Å². The minimum absolute atomic E-state index is 0.0353. The Kier molecular flexibility index (Phi) is 6.49. The van der Waals surface area contributed by atoms with E-state index in [0.717, 1.165) is 40.7 Å². The lowest BCUT2D eigenvalue weighted by Crippen LogP contribution is -2.37. The molecule has 1 aliphatic carbocycles. The second kappa shape index (κ2) is 8.84. The SMILES string of the molecule is Cc1cc(Br)ccc1NC(=O)CN(C)C(=O)Nc1nc2c(s1)CCCCC2. The fourth-order valence-corrected chi connectivity index (χ4v) is 4.53. The summed E-state index contributed by atoms with van der Waals surface area (Å²) < 4.78 is 0.955. The summed E-state index contributed by atoms with van der Waals surface area (Å²) in [4.78, 5) is 31.8. The van der Waals surface area contributed by atoms with Crippen LogP contribution in [0.3, 0.4) is 0 Å². The highest BCUT2D eigenvalue weighted by Crippen LogP contribution is 2.29. The van der Waals surface area contributed by atoms with Crippen LogP contribution >= 0.6 is 27.3 Å². The Bertz CT molecular complexity index is 829. The number of amides is 3. The number of carbonyl (C=O) groups excluding carboxylic acids is 2. The number of hydrogen-bond acceptors (Lipinski definition) is 4. The molecule has 0 saturated carbocycles. The Morgan fingerprint density at radius 1 is 1.22 bits per heavy atom. The number of anilines is 2. The number of carbonyl (C=O) groups is 2. The van der Waals surface area contributed by atoms with Crippen LogP contribution in [-0.4, -0.2) is 35.4 Å². The van der Waals surface area contributed by atoms with E-state index in [4.69, 9.17) is 0 Å². The molecule has 0 bridgehead atoms. The molecule has 3 amide bonds. The van der Waals surface area contributed by atoms with Crippen LogP contribution in [0.2, 0.25) is 0 Å². The highest BCUT2D eigenvalue weighted by atomic mass is 79.9. The lowest BCUT2D eigenvalue weighted by Gasteiger charge is -2.17. The quantitative estimate of drug-likeness (QED) is 0.668. The van der Waals surface area contributed by atoms with E-state index in [1.807, 2.05) is 25.1 Å². The number of hydrogen-bond donors (Lipinski definition) is 2. The summed E-state index contributed by atoms with van der Waals surface area (Å²) in [5, 5.41) is 6.27. The van der Waals surface area contributed by atoms with Crippen LogP contribution in [0.5, 0.6) is 0 Å². The number of aromatic nitrogens is 1. The van der Waals surface area contributed by atoms with E-state index in [-0.39, 0.29) is 18.5 Å². The number of thiazole rings is 1. The van der Waals surface area contributed by atoms with Crippen molar-refractivity contribution in [2.75, 3.05) is 24.2 Å². The number of fused-ring (bicyclic) bond motifs is 1. The molecule has 0 aliphatic heterocycles. The second-order valence-electron chi connectivity index (χ2n) is 6.74. The first-order chi connectivity index (χ1) is 12.9. The van der Waals surface area contributed by atoms with Crippen LogP contribution in [0.15, 0.2) is 22.7 Å². The van der Waals surface area contributed by atoms with Gasteiger partial charge in [-0.3, -0.25) is 10.1 Å². The molecule has 1 aromatic heterocycles. The molecule has 1 aliphatic rings. The third-order valence-electron chi connectivity index (χ3n) is 4.50. The van der Waals surface area contributed by atoms with Crippen molar-refractivity contribution >= 4 is 50.0 Å². The largest absolute Gasteiger partial charge is 0.324 e. The Balaban J connectivity index is 1.55. The minimum Gasteiger partial charge on any atom is -0.324 e. The number of likely N-dealkylation sites (N-methyl/N-ethyl adjacent to an activating group) is 1. The molecule has 6 nitrogen and oxygen atoms in total. The van der Waals surface area contributed by atoms with E-state index >= 15 is 0 Å². The highest BCUT2D eigenvalue weighted by Gasteiger charge is 2.18. The standard InChI is InChI=1S/C19H23BrN4O2S/c1-12-10-13(20)8-9-14(12)21-17(25)11-24(2)19(26)23-18-22-15-6-4-3-5-7-16(15)27-18/h8-10H,3-7,11H2,1-2H3,(H,21,25)(H,22,23,26). The van der Waals surface area contributed by atoms with Crippen LogP contribution < -0.4 is 10.6 Å². The van der Waals surface area contributed by atoms with Crippen molar-refractivity contribution in [2.24, 2.45) is 0 Å². The average Bonchev–Trinajstić information content (AvgIpc) is 2.85. The zero-order valence-corrected chi connectivity index (χ0v) is 17.9. The first-order valence-electron chi connectivity index (χ1n) is 8.99. The minimum atomic E-state index is -0.332. The van der Waals surface area contributed by atoms with E-state index in [1.54, 1.807) is 18.4 Å². The number of nitrogens with zero attached hydrogens (tertiary/aromatic N) is 2. The molecule has 1 heterocycles. The molecule has 27 heavy (non-hydrogen) atoms. The molecule has 1 aromatic carbocycles. The molecule has 0 fully saturated rings. The van der Waals surface area contributed by atoms with Gasteiger partial charge in [-0.15, -0.1) is 11.3 Å². The van der Waals surface area contributed by atoms with Gasteiger partial charge in [-0.25, -0.2) is 9.78 Å². The highest BCUT2D eigenvalue weighted by molar-refractivity contribution is 9.10. The van der Waals surface area contributed by atoms with Gasteiger partial charge in [0.25, 0.3) is 0 Å². The van der Waals surface area contributed by atoms with Gasteiger partial charge in [0.15, 0.2) is 5.13 Å². The van der Waals surface area contributed by atoms with Crippen molar-refractivity contribution in [3.8, 4) is 0 Å². The second-order valence-corrected chi connectivity index (χ2v) is 8.74. The van der Waals surface area contributed by atoms with E-state index in [2.05, 4.69) is 31.5 Å². The predicted octanol–water partition coefficient (Wildman–Crippen LogP) is 4.59. The van der Waals surface area contributed by atoms with Gasteiger partial charge in [0.2, 0.25) is 5.91 Å². The molecular weight excluding hydrogens is 428 g/mol. The first kappa shape index (κ1) is 19.8. The number of nitrogens with one attached hydrogen (secondary N) is 2. The Morgan fingerprint density at radius 3 is 2.78 bits per heavy atom. The van der Waals surface area contributed by atoms with Gasteiger partial charge >= 0.3 is 6.03 Å². The molecule has 144 valence electrons. The van der Waals surface area contributed by atoms with Gasteiger partial charge in [-0.2, -0.15) is 0 Å². The topological polar surface area (TPSA) is 74.3 Å². The molecule has 0 unspecified atom stereocenters. The maximum Gasteiger partial charge on any atom is 0.323 e. The van der Waals surface area contributed by atoms with Crippen LogP contribution in [0, 0.1) is 6.92 Å². The zero-order chi connectivity index (χ0) is 19.4. The third kappa shape index (κ3) is 5.29. The van der Waals surface area contributed by atoms with Crippen LogP contribution in [0.25, 0.3) is 0 Å². The number of benzene rings is 1. The molecule has 0 radical (unpaired) electrons. The van der Waals surface area contributed by atoms with Crippen molar-refractivity contribution in [1.82, 2.24) is 9.88 Å². The van der Waals surface area contributed by atoms with Gasteiger partial charge in [0.1, 0.15) is 6.54 Å². The summed E-state index contributed by atoms with van der Waals surface area (Å²) in [7, 11) is 1.60. The summed E-state index contributed by atoms with van der Waals surface area (Å²) in [5.41, 5.74) is 2.80. The summed E-state index contributed by atoms with van der Waals surface area (Å²) in [6.45, 7) is 1.88. The van der Waals surface area contributed by atoms with E-state index in [1.165, 1.54) is 22.6 Å². The van der Waals surface area contributed by atoms with Crippen LogP contribution in [0.4, 0.5) is 15.6 Å². The zero-order valence-electron chi connectivity index (χ0n) is 15.5. The third-order valence-corrected chi connectivity index (χ3v) is 6.07. The normalized spacial score (nSPS) is 13.4. The van der Waals surface area contributed by atoms with Gasteiger partial charge < -0.3 is 10.2 Å². The molecule has 3 rings (SSSR count). The molecule has 0 atom stereocenters. The molecule has 0 saturated heterocycles. The Hall–Kier alpha value is -1.93. The Morgan fingerprint density at radius 2 is 2.00 bits per heavy atom. The molecule has 8 heteroatoms. The van der Waals surface area contributed by atoms with Crippen LogP contribution in [0.1, 0.15) is 35.4 Å². The maximum atomic E-state index is 12.4. The lowest BCUT2D eigenvalue weighted by atomic mass is 10.2. The number of halogens is 1. The Labute approximate surface area is 171 Å². The van der Waals surface area contributed by atoms with Gasteiger partial charge in [-0.05, 0) is 56.4 Å². The molecule has 2 aromatic rings. The lowest BCUT2D eigenvalue weighted by molar-refractivity contribution is -0.116. The monoisotopic (exact) mass is 450 g/mol. The van der Waals surface area contributed by atoms with Gasteiger partial charge in [-0.1, -0.05) is 22.4 Å². The van der Waals surface area contributed by atoms with Gasteiger partial charge in [0.05, 0.1) is 5.69 Å². The van der Waals surface area contributed by atoms with Crippen LogP contribution in [-0.2, 0) is 17.6 Å². The van der Waals surface area contributed by atoms with Crippen molar-refractivity contribution in [3.63, 3.8) is 0 Å². The van der Waals surface area contributed by atoms with Crippen molar-refractivity contribution in [2.45, 2.75) is 39.0 Å². The average molecular weight is 451 g/mol. The first-order valence-corrected chi connectivity index (χ1v) is 10.6. The summed E-state index contributed by atoms with van der Waals surface area (Å²) in [6.07, 6.45) is 5.58. The van der Waals surface area contributed by atoms with Crippen molar-refractivity contribution in [3.05, 3.63) is 38.8 Å². The maximum absolute atomic E-state index is 12.4.